The Morgan fingerprint density at radius 1 is 0.385 bits per heavy atom. The van der Waals surface area contributed by atoms with Gasteiger partial charge < -0.3 is 13.6 Å². The number of nitriles is 1. The molecule has 302 valence electrons. The van der Waals surface area contributed by atoms with Gasteiger partial charge in [0.1, 0.15) is 17.2 Å². The van der Waals surface area contributed by atoms with E-state index in [1.54, 1.807) is 0 Å². The first kappa shape index (κ1) is 36.5. The molecule has 0 radical (unpaired) electrons. The molecule has 4 aromatic heterocycles. The minimum atomic E-state index is 0.480. The number of hydrogen-bond donors (Lipinski definition) is 0. The summed E-state index contributed by atoms with van der Waals surface area (Å²) >= 11 is 0. The second kappa shape index (κ2) is 14.5. The number of para-hydroxylation sites is 3. The Bertz CT molecular complexity index is 4070. The van der Waals surface area contributed by atoms with Crippen LogP contribution in [0.3, 0.4) is 0 Å². The maximum Gasteiger partial charge on any atom is 0.164 e. The molecule has 7 heteroatoms. The number of fused-ring (bicyclic) bond motifs is 11. The SMILES string of the molecule is N#Cc1cc(-c2nc(-c3ccccc3)nc(-c3cccc(-c4ccccc4)c3)n2)ccc1-n1c2ccccc2c2c3oc4ccc5c(c6ccccc6n5-c5ccccc5)c4c3ccc21. The van der Waals surface area contributed by atoms with E-state index in [1.807, 2.05) is 84.9 Å². The van der Waals surface area contributed by atoms with Crippen LogP contribution in [0.1, 0.15) is 5.56 Å². The minimum absolute atomic E-state index is 0.480. The normalized spacial score (nSPS) is 11.7. The summed E-state index contributed by atoms with van der Waals surface area (Å²) in [5.74, 6) is 1.58. The van der Waals surface area contributed by atoms with Crippen molar-refractivity contribution >= 4 is 65.6 Å². The van der Waals surface area contributed by atoms with E-state index in [1.165, 1.54) is 5.39 Å². The molecule has 0 N–H and O–H groups in total. The molecular formula is C58H34N6O. The zero-order chi connectivity index (χ0) is 43.0. The van der Waals surface area contributed by atoms with E-state index in [-0.39, 0.29) is 0 Å². The maximum absolute atomic E-state index is 10.9. The van der Waals surface area contributed by atoms with Crippen LogP contribution in [0.15, 0.2) is 211 Å². The van der Waals surface area contributed by atoms with Crippen LogP contribution < -0.4 is 0 Å². The van der Waals surface area contributed by atoms with Crippen molar-refractivity contribution in [2.24, 2.45) is 0 Å². The van der Waals surface area contributed by atoms with Crippen LogP contribution in [0.5, 0.6) is 0 Å². The molecule has 0 amide bonds. The Balaban J connectivity index is 0.994. The summed E-state index contributed by atoms with van der Waals surface area (Å²) in [6, 6.07) is 73.0. The molecule has 65 heavy (non-hydrogen) atoms. The Morgan fingerprint density at radius 3 is 1.66 bits per heavy atom. The van der Waals surface area contributed by atoms with Crippen molar-refractivity contribution in [2.75, 3.05) is 0 Å². The second-order valence-electron chi connectivity index (χ2n) is 16.3. The minimum Gasteiger partial charge on any atom is -0.455 e. The molecule has 0 unspecified atom stereocenters. The first-order chi connectivity index (χ1) is 32.2. The van der Waals surface area contributed by atoms with Crippen LogP contribution in [-0.2, 0) is 0 Å². The molecular weight excluding hydrogens is 797 g/mol. The van der Waals surface area contributed by atoms with Crippen LogP contribution in [0.2, 0.25) is 0 Å². The van der Waals surface area contributed by atoms with E-state index in [0.717, 1.165) is 93.8 Å². The van der Waals surface area contributed by atoms with E-state index in [4.69, 9.17) is 19.4 Å². The lowest BCUT2D eigenvalue weighted by molar-refractivity contribution is 0.673. The van der Waals surface area contributed by atoms with Crippen molar-refractivity contribution < 1.29 is 4.42 Å². The Kier molecular flexibility index (Phi) is 8.14. The third-order valence-electron chi connectivity index (χ3n) is 12.6. The summed E-state index contributed by atoms with van der Waals surface area (Å²) in [6.45, 7) is 0. The van der Waals surface area contributed by atoms with Crippen molar-refractivity contribution in [1.82, 2.24) is 24.1 Å². The van der Waals surface area contributed by atoms with Crippen molar-refractivity contribution in [3.63, 3.8) is 0 Å². The van der Waals surface area contributed by atoms with Gasteiger partial charge in [0, 0.05) is 49.3 Å². The molecule has 13 aromatic rings. The van der Waals surface area contributed by atoms with Gasteiger partial charge in [-0.25, -0.2) is 15.0 Å². The molecule has 13 rings (SSSR count). The molecule has 0 spiro atoms. The monoisotopic (exact) mass is 830 g/mol. The van der Waals surface area contributed by atoms with Gasteiger partial charge in [0.2, 0.25) is 0 Å². The lowest BCUT2D eigenvalue weighted by Crippen LogP contribution is -2.02. The third kappa shape index (κ3) is 5.71. The number of furan rings is 1. The largest absolute Gasteiger partial charge is 0.455 e. The summed E-state index contributed by atoms with van der Waals surface area (Å²) < 4.78 is 11.5. The van der Waals surface area contributed by atoms with Crippen molar-refractivity contribution in [3.8, 4) is 62.7 Å². The molecule has 9 aromatic carbocycles. The third-order valence-corrected chi connectivity index (χ3v) is 12.6. The van der Waals surface area contributed by atoms with Crippen LogP contribution in [-0.4, -0.2) is 24.1 Å². The fourth-order valence-corrected chi connectivity index (χ4v) is 9.73. The molecule has 0 aliphatic rings. The highest BCUT2D eigenvalue weighted by Gasteiger charge is 2.24. The molecule has 0 fully saturated rings. The van der Waals surface area contributed by atoms with Gasteiger partial charge in [-0.2, -0.15) is 5.26 Å². The average molecular weight is 831 g/mol. The molecule has 7 nitrogen and oxygen atoms in total. The number of aromatic nitrogens is 5. The van der Waals surface area contributed by atoms with Gasteiger partial charge >= 0.3 is 0 Å². The lowest BCUT2D eigenvalue weighted by atomic mass is 10.0. The highest BCUT2D eigenvalue weighted by atomic mass is 16.3. The summed E-state index contributed by atoms with van der Waals surface area (Å²) in [6.07, 6.45) is 0. The van der Waals surface area contributed by atoms with E-state index in [0.29, 0.717) is 28.6 Å². The van der Waals surface area contributed by atoms with Gasteiger partial charge in [-0.1, -0.05) is 133 Å². The number of nitrogens with zero attached hydrogens (tertiary/aromatic N) is 6. The van der Waals surface area contributed by atoms with Crippen molar-refractivity contribution in [1.29, 1.82) is 5.26 Å². The molecule has 0 atom stereocenters. The quantitative estimate of drug-likeness (QED) is 0.167. The fourth-order valence-electron chi connectivity index (χ4n) is 9.73. The Hall–Kier alpha value is -9.12. The van der Waals surface area contributed by atoms with E-state index < -0.39 is 0 Å². The average Bonchev–Trinajstić information content (AvgIpc) is 4.04. The molecule has 4 heterocycles. The van der Waals surface area contributed by atoms with Gasteiger partial charge in [-0.05, 0) is 83.9 Å². The highest BCUT2D eigenvalue weighted by molar-refractivity contribution is 6.31. The topological polar surface area (TPSA) is 85.5 Å². The summed E-state index contributed by atoms with van der Waals surface area (Å²) in [7, 11) is 0. The second-order valence-corrected chi connectivity index (χ2v) is 16.3. The molecule has 0 bridgehead atoms. The first-order valence-electron chi connectivity index (χ1n) is 21.6. The summed E-state index contributed by atoms with van der Waals surface area (Å²) in [4.78, 5) is 15.1. The van der Waals surface area contributed by atoms with Gasteiger partial charge in [0.05, 0.1) is 38.7 Å². The standard InChI is InChI=1S/C58H34N6O/c59-35-41-34-40(58-61-56(37-17-6-2-7-18-37)60-57(62-58)39-20-14-19-38(33-39)36-15-4-1-5-16-36)27-29-46(41)64-48-26-13-11-24-44(48)53-50(64)30-28-45-54-51(65-55(45)53)32-31-49-52(54)43-23-10-12-25-47(43)63(49)42-21-8-3-9-22-42/h1-34H. The van der Waals surface area contributed by atoms with Gasteiger partial charge in [0.25, 0.3) is 0 Å². The van der Waals surface area contributed by atoms with Gasteiger partial charge in [-0.15, -0.1) is 0 Å². The maximum atomic E-state index is 10.9. The lowest BCUT2D eigenvalue weighted by Gasteiger charge is -2.13. The summed E-state index contributed by atoms with van der Waals surface area (Å²) in [5.41, 5.74) is 12.8. The van der Waals surface area contributed by atoms with E-state index in [9.17, 15) is 5.26 Å². The summed E-state index contributed by atoms with van der Waals surface area (Å²) in [5, 5.41) is 17.4. The van der Waals surface area contributed by atoms with Crippen LogP contribution in [0, 0.1) is 11.3 Å². The zero-order valence-corrected chi connectivity index (χ0v) is 34.7. The highest BCUT2D eigenvalue weighted by Crippen LogP contribution is 2.45. The molecule has 0 saturated carbocycles. The fraction of sp³-hybridized carbons (Fsp3) is 0. The Labute approximate surface area is 372 Å². The number of rotatable bonds is 6. The van der Waals surface area contributed by atoms with E-state index >= 15 is 0 Å². The number of benzene rings is 9. The zero-order valence-electron chi connectivity index (χ0n) is 34.7. The van der Waals surface area contributed by atoms with Gasteiger partial charge in [0.15, 0.2) is 17.5 Å². The van der Waals surface area contributed by atoms with Gasteiger partial charge in [-0.3, -0.25) is 0 Å². The van der Waals surface area contributed by atoms with Crippen molar-refractivity contribution in [2.45, 2.75) is 0 Å². The molecule has 0 aliphatic carbocycles. The predicted octanol–water partition coefficient (Wildman–Crippen LogP) is 14.5. The van der Waals surface area contributed by atoms with Crippen LogP contribution in [0.25, 0.3) is 122 Å². The Morgan fingerprint density at radius 2 is 0.938 bits per heavy atom. The predicted molar refractivity (Wildman–Crippen MR) is 262 cm³/mol. The first-order valence-corrected chi connectivity index (χ1v) is 21.6. The van der Waals surface area contributed by atoms with Crippen molar-refractivity contribution in [3.05, 3.63) is 212 Å². The molecule has 0 aliphatic heterocycles. The van der Waals surface area contributed by atoms with Crippen LogP contribution in [0.4, 0.5) is 0 Å². The van der Waals surface area contributed by atoms with E-state index in [2.05, 4.69) is 137 Å². The molecule has 0 saturated heterocycles. The smallest absolute Gasteiger partial charge is 0.164 e. The van der Waals surface area contributed by atoms with Crippen LogP contribution >= 0.6 is 0 Å². The number of hydrogen-bond acceptors (Lipinski definition) is 5.